The molecule has 2 nitrogen and oxygen atoms in total. The molecule has 0 rings (SSSR count). The summed E-state index contributed by atoms with van der Waals surface area (Å²) in [5.74, 6) is 0. The maximum atomic E-state index is 5.52. The minimum absolute atomic E-state index is 0.597. The van der Waals surface area contributed by atoms with Gasteiger partial charge in [0.1, 0.15) is 0 Å². The fraction of sp³-hybridized carbons (Fsp3) is 1.00. The minimum atomic E-state index is 0.597. The third-order valence-corrected chi connectivity index (χ3v) is 2.16. The zero-order valence-electron chi connectivity index (χ0n) is 10.1. The summed E-state index contributed by atoms with van der Waals surface area (Å²) in [6.45, 7) is 9.51. The van der Waals surface area contributed by atoms with Crippen LogP contribution in [0.2, 0.25) is 0 Å². The van der Waals surface area contributed by atoms with Gasteiger partial charge in [0.2, 0.25) is 0 Å². The Bertz CT molecular complexity index is 104. The van der Waals surface area contributed by atoms with Crippen LogP contribution in [0.3, 0.4) is 0 Å². The first-order chi connectivity index (χ1) is 6.77. The Morgan fingerprint density at radius 3 is 2.36 bits per heavy atom. The average molecular weight is 201 g/mol. The molecular formula is C12H27NO. The first-order valence-electron chi connectivity index (χ1n) is 6.08. The highest BCUT2D eigenvalue weighted by molar-refractivity contribution is 4.51. The van der Waals surface area contributed by atoms with Crippen molar-refractivity contribution in [1.29, 1.82) is 0 Å². The first-order valence-corrected chi connectivity index (χ1v) is 6.08. The summed E-state index contributed by atoms with van der Waals surface area (Å²) in [5.41, 5.74) is 0. The molecular weight excluding hydrogens is 174 g/mol. The van der Waals surface area contributed by atoms with E-state index in [0.717, 1.165) is 26.2 Å². The van der Waals surface area contributed by atoms with Crippen LogP contribution in [-0.4, -0.2) is 25.8 Å². The molecule has 0 aromatic rings. The molecule has 14 heavy (non-hydrogen) atoms. The number of hydrogen-bond acceptors (Lipinski definition) is 2. The van der Waals surface area contributed by atoms with Crippen LogP contribution in [0.4, 0.5) is 0 Å². The molecule has 0 aromatic carbocycles. The fourth-order valence-corrected chi connectivity index (χ4v) is 1.30. The lowest BCUT2D eigenvalue weighted by Gasteiger charge is -2.08. The van der Waals surface area contributed by atoms with E-state index in [4.69, 9.17) is 4.74 Å². The van der Waals surface area contributed by atoms with Gasteiger partial charge in [-0.1, -0.05) is 40.0 Å². The Balaban J connectivity index is 2.85. The average Bonchev–Trinajstić information content (AvgIpc) is 2.15. The molecule has 86 valence electrons. The highest BCUT2D eigenvalue weighted by Gasteiger charge is 1.92. The molecule has 0 bridgehead atoms. The Hall–Kier alpha value is -0.0800. The van der Waals surface area contributed by atoms with Crippen LogP contribution >= 0.6 is 0 Å². The van der Waals surface area contributed by atoms with Gasteiger partial charge in [-0.25, -0.2) is 0 Å². The van der Waals surface area contributed by atoms with E-state index < -0.39 is 0 Å². The Labute approximate surface area is 89.4 Å². The third-order valence-electron chi connectivity index (χ3n) is 2.16. The molecule has 0 aromatic heterocycles. The van der Waals surface area contributed by atoms with Crippen LogP contribution in [0.5, 0.6) is 0 Å². The van der Waals surface area contributed by atoms with Gasteiger partial charge in [0.25, 0.3) is 0 Å². The lowest BCUT2D eigenvalue weighted by molar-refractivity contribution is 0.127. The number of unbranched alkanes of at least 4 members (excludes halogenated alkanes) is 3. The summed E-state index contributed by atoms with van der Waals surface area (Å²) in [6.07, 6.45) is 6.33. The van der Waals surface area contributed by atoms with Crippen molar-refractivity contribution in [3.8, 4) is 0 Å². The van der Waals surface area contributed by atoms with E-state index in [1.807, 2.05) is 0 Å². The molecule has 0 saturated heterocycles. The lowest BCUT2D eigenvalue weighted by atomic mass is 10.2. The predicted molar refractivity (Wildman–Crippen MR) is 62.7 cm³/mol. The number of ether oxygens (including phenoxy) is 1. The van der Waals surface area contributed by atoms with Gasteiger partial charge in [-0.2, -0.15) is 0 Å². The summed E-state index contributed by atoms with van der Waals surface area (Å²) < 4.78 is 5.52. The summed E-state index contributed by atoms with van der Waals surface area (Å²) in [7, 11) is 0. The zero-order chi connectivity index (χ0) is 10.6. The van der Waals surface area contributed by atoms with Crippen molar-refractivity contribution in [2.75, 3.05) is 19.8 Å². The molecule has 0 radical (unpaired) electrons. The SMILES string of the molecule is CCCCCCOCCCNC(C)C. The maximum absolute atomic E-state index is 5.52. The van der Waals surface area contributed by atoms with E-state index in [0.29, 0.717) is 6.04 Å². The minimum Gasteiger partial charge on any atom is -0.381 e. The molecule has 2 heteroatoms. The van der Waals surface area contributed by atoms with Gasteiger partial charge in [0.05, 0.1) is 0 Å². The van der Waals surface area contributed by atoms with Gasteiger partial charge in [0, 0.05) is 19.3 Å². The first kappa shape index (κ1) is 13.9. The summed E-state index contributed by atoms with van der Waals surface area (Å²) in [4.78, 5) is 0. The molecule has 0 atom stereocenters. The van der Waals surface area contributed by atoms with Crippen molar-refractivity contribution in [3.05, 3.63) is 0 Å². The molecule has 0 heterocycles. The summed E-state index contributed by atoms with van der Waals surface area (Å²) >= 11 is 0. The zero-order valence-corrected chi connectivity index (χ0v) is 10.1. The second kappa shape index (κ2) is 11.0. The van der Waals surface area contributed by atoms with Gasteiger partial charge in [-0.3, -0.25) is 0 Å². The van der Waals surface area contributed by atoms with Crippen LogP contribution < -0.4 is 5.32 Å². The smallest absolute Gasteiger partial charge is 0.0478 e. The third kappa shape index (κ3) is 11.9. The largest absolute Gasteiger partial charge is 0.381 e. The van der Waals surface area contributed by atoms with Crippen molar-refractivity contribution >= 4 is 0 Å². The number of hydrogen-bond donors (Lipinski definition) is 1. The van der Waals surface area contributed by atoms with Crippen LogP contribution in [-0.2, 0) is 4.74 Å². The standard InChI is InChI=1S/C12H27NO/c1-4-5-6-7-10-14-11-8-9-13-12(2)3/h12-13H,4-11H2,1-3H3. The van der Waals surface area contributed by atoms with Gasteiger partial charge < -0.3 is 10.1 Å². The van der Waals surface area contributed by atoms with E-state index in [2.05, 4.69) is 26.1 Å². The normalized spacial score (nSPS) is 11.1. The highest BCUT2D eigenvalue weighted by atomic mass is 16.5. The second-order valence-electron chi connectivity index (χ2n) is 4.14. The van der Waals surface area contributed by atoms with Gasteiger partial charge in [-0.15, -0.1) is 0 Å². The van der Waals surface area contributed by atoms with E-state index in [-0.39, 0.29) is 0 Å². The van der Waals surface area contributed by atoms with Crippen molar-refractivity contribution in [1.82, 2.24) is 5.32 Å². The van der Waals surface area contributed by atoms with Crippen molar-refractivity contribution in [2.24, 2.45) is 0 Å². The van der Waals surface area contributed by atoms with E-state index in [9.17, 15) is 0 Å². The molecule has 0 aliphatic rings. The fourth-order valence-electron chi connectivity index (χ4n) is 1.30. The topological polar surface area (TPSA) is 21.3 Å². The van der Waals surface area contributed by atoms with Crippen LogP contribution in [0.1, 0.15) is 52.9 Å². The van der Waals surface area contributed by atoms with Gasteiger partial charge >= 0.3 is 0 Å². The predicted octanol–water partition coefficient (Wildman–Crippen LogP) is 2.97. The monoisotopic (exact) mass is 201 g/mol. The quantitative estimate of drug-likeness (QED) is 0.549. The van der Waals surface area contributed by atoms with E-state index >= 15 is 0 Å². The molecule has 0 aliphatic carbocycles. The van der Waals surface area contributed by atoms with Crippen LogP contribution in [0.25, 0.3) is 0 Å². The van der Waals surface area contributed by atoms with Gasteiger partial charge in [-0.05, 0) is 19.4 Å². The Morgan fingerprint density at radius 2 is 1.71 bits per heavy atom. The molecule has 0 unspecified atom stereocenters. The maximum Gasteiger partial charge on any atom is 0.0478 e. The number of rotatable bonds is 10. The van der Waals surface area contributed by atoms with Crippen molar-refractivity contribution in [3.63, 3.8) is 0 Å². The van der Waals surface area contributed by atoms with Crippen molar-refractivity contribution in [2.45, 2.75) is 58.9 Å². The Kier molecular flexibility index (Phi) is 10.9. The van der Waals surface area contributed by atoms with E-state index in [1.54, 1.807) is 0 Å². The van der Waals surface area contributed by atoms with E-state index in [1.165, 1.54) is 25.7 Å². The molecule has 0 amide bonds. The van der Waals surface area contributed by atoms with Gasteiger partial charge in [0.15, 0.2) is 0 Å². The highest BCUT2D eigenvalue weighted by Crippen LogP contribution is 1.98. The molecule has 0 spiro atoms. The molecule has 1 N–H and O–H groups in total. The molecule has 0 saturated carbocycles. The number of nitrogens with one attached hydrogen (secondary N) is 1. The summed E-state index contributed by atoms with van der Waals surface area (Å²) in [5, 5.41) is 3.38. The van der Waals surface area contributed by atoms with Crippen LogP contribution in [0.15, 0.2) is 0 Å². The Morgan fingerprint density at radius 1 is 1.00 bits per heavy atom. The summed E-state index contributed by atoms with van der Waals surface area (Å²) in [6, 6.07) is 0.597. The van der Waals surface area contributed by atoms with Crippen molar-refractivity contribution < 1.29 is 4.74 Å². The lowest BCUT2D eigenvalue weighted by Crippen LogP contribution is -2.24. The van der Waals surface area contributed by atoms with Crippen LogP contribution in [0, 0.1) is 0 Å². The second-order valence-corrected chi connectivity index (χ2v) is 4.14. The molecule has 0 aliphatic heterocycles. The molecule has 0 fully saturated rings.